The number of phenolic OH excluding ortho intramolecular Hbond substituents is 1. The Morgan fingerprint density at radius 1 is 1.00 bits per heavy atom. The van der Waals surface area contributed by atoms with Crippen LogP contribution in [0.15, 0.2) is 66.2 Å². The molecule has 1 fully saturated rings. The lowest BCUT2D eigenvalue weighted by Crippen LogP contribution is -2.29. The molecule has 1 atom stereocenters. The van der Waals surface area contributed by atoms with Gasteiger partial charge in [-0.15, -0.1) is 0 Å². The van der Waals surface area contributed by atoms with Gasteiger partial charge in [-0.2, -0.15) is 0 Å². The fourth-order valence-corrected chi connectivity index (χ4v) is 4.42. The summed E-state index contributed by atoms with van der Waals surface area (Å²) in [6, 6.07) is 15.7. The predicted molar refractivity (Wildman–Crippen MR) is 127 cm³/mol. The molecule has 1 saturated heterocycles. The number of hydrogen-bond donors (Lipinski definition) is 2. The van der Waals surface area contributed by atoms with E-state index in [-0.39, 0.29) is 27.7 Å². The lowest BCUT2D eigenvalue weighted by Gasteiger charge is -2.26. The fraction of sp³-hybridized carbons (Fsp3) is 0.154. The van der Waals surface area contributed by atoms with Gasteiger partial charge in [-0.05, 0) is 61.4 Å². The van der Waals surface area contributed by atoms with Crippen molar-refractivity contribution in [3.05, 3.63) is 93.5 Å². The first kappa shape index (κ1) is 22.4. The lowest BCUT2D eigenvalue weighted by molar-refractivity contribution is -0.132. The standard InChI is InChI=1S/C26H22ClNO5/c1-14-7-9-17(10-8-14)28-22(16-5-4-6-18(29)13-16)21(24(31)26(28)32)23(30)19-11-15(2)12-20(27)25(19)33-3/h4-13,22,29-30H,1-3H3/b23-21+. The van der Waals surface area contributed by atoms with Crippen molar-refractivity contribution in [2.75, 3.05) is 12.0 Å². The molecular weight excluding hydrogens is 442 g/mol. The van der Waals surface area contributed by atoms with Crippen LogP contribution in [0.5, 0.6) is 11.5 Å². The van der Waals surface area contributed by atoms with E-state index in [1.807, 2.05) is 19.1 Å². The zero-order valence-corrected chi connectivity index (χ0v) is 19.1. The van der Waals surface area contributed by atoms with Gasteiger partial charge in [0.2, 0.25) is 0 Å². The Morgan fingerprint density at radius 2 is 1.70 bits per heavy atom. The third-order valence-electron chi connectivity index (χ3n) is 5.59. The molecule has 0 bridgehead atoms. The number of amides is 1. The molecule has 1 aliphatic heterocycles. The van der Waals surface area contributed by atoms with Crippen molar-refractivity contribution >= 4 is 34.7 Å². The number of methoxy groups -OCH3 is 1. The Balaban J connectivity index is 2.01. The first-order valence-corrected chi connectivity index (χ1v) is 10.6. The van der Waals surface area contributed by atoms with E-state index in [4.69, 9.17) is 16.3 Å². The van der Waals surface area contributed by atoms with E-state index in [9.17, 15) is 19.8 Å². The normalized spacial score (nSPS) is 17.5. The van der Waals surface area contributed by atoms with Crippen LogP contribution in [-0.2, 0) is 9.59 Å². The van der Waals surface area contributed by atoms with Gasteiger partial charge in [0.25, 0.3) is 11.7 Å². The van der Waals surface area contributed by atoms with E-state index >= 15 is 0 Å². The highest BCUT2D eigenvalue weighted by molar-refractivity contribution is 6.51. The van der Waals surface area contributed by atoms with Crippen LogP contribution < -0.4 is 9.64 Å². The number of nitrogens with zero attached hydrogens (tertiary/aromatic N) is 1. The van der Waals surface area contributed by atoms with Crippen LogP contribution >= 0.6 is 11.6 Å². The van der Waals surface area contributed by atoms with E-state index < -0.39 is 23.5 Å². The summed E-state index contributed by atoms with van der Waals surface area (Å²) in [4.78, 5) is 27.8. The van der Waals surface area contributed by atoms with Crippen LogP contribution in [0, 0.1) is 13.8 Å². The van der Waals surface area contributed by atoms with Gasteiger partial charge >= 0.3 is 0 Å². The van der Waals surface area contributed by atoms with Crippen LogP contribution in [0.2, 0.25) is 5.02 Å². The van der Waals surface area contributed by atoms with E-state index in [0.717, 1.165) is 11.1 Å². The van der Waals surface area contributed by atoms with E-state index in [1.165, 1.54) is 24.1 Å². The Bertz CT molecular complexity index is 1300. The highest BCUT2D eigenvalue weighted by atomic mass is 35.5. The average molecular weight is 464 g/mol. The SMILES string of the molecule is COc1c(Cl)cc(C)cc1/C(O)=C1\C(=O)C(=O)N(c2ccc(C)cc2)C1c1cccc(O)c1. The number of ether oxygens (including phenoxy) is 1. The van der Waals surface area contributed by atoms with Gasteiger partial charge in [-0.3, -0.25) is 14.5 Å². The molecular formula is C26H22ClNO5. The number of benzene rings is 3. The first-order valence-electron chi connectivity index (χ1n) is 10.2. The molecule has 1 heterocycles. The summed E-state index contributed by atoms with van der Waals surface area (Å²) >= 11 is 6.31. The quantitative estimate of drug-likeness (QED) is 0.311. The molecule has 0 aromatic heterocycles. The summed E-state index contributed by atoms with van der Waals surface area (Å²) < 4.78 is 5.38. The summed E-state index contributed by atoms with van der Waals surface area (Å²) in [5.41, 5.74) is 2.77. The number of anilines is 1. The maximum absolute atomic E-state index is 13.3. The number of ketones is 1. The summed E-state index contributed by atoms with van der Waals surface area (Å²) in [5.74, 6) is -1.87. The minimum absolute atomic E-state index is 0.0295. The number of hydrogen-bond acceptors (Lipinski definition) is 5. The summed E-state index contributed by atoms with van der Waals surface area (Å²) in [6.07, 6.45) is 0. The predicted octanol–water partition coefficient (Wildman–Crippen LogP) is 5.30. The number of carbonyl (C=O) groups excluding carboxylic acids is 2. The molecule has 0 spiro atoms. The van der Waals surface area contributed by atoms with Crippen LogP contribution in [0.4, 0.5) is 5.69 Å². The maximum atomic E-state index is 13.3. The Kier molecular flexibility index (Phi) is 5.87. The molecule has 168 valence electrons. The zero-order valence-electron chi connectivity index (χ0n) is 18.3. The molecule has 1 amide bonds. The van der Waals surface area contributed by atoms with E-state index in [1.54, 1.807) is 43.3 Å². The molecule has 1 unspecified atom stereocenters. The van der Waals surface area contributed by atoms with Gasteiger partial charge in [-0.1, -0.05) is 41.4 Å². The smallest absolute Gasteiger partial charge is 0.300 e. The second-order valence-electron chi connectivity index (χ2n) is 7.93. The monoisotopic (exact) mass is 463 g/mol. The van der Waals surface area contributed by atoms with Crippen molar-refractivity contribution < 1.29 is 24.5 Å². The topological polar surface area (TPSA) is 87.1 Å². The Hall–Kier alpha value is -3.77. The minimum atomic E-state index is -0.969. The largest absolute Gasteiger partial charge is 0.508 e. The number of aliphatic hydroxyl groups excluding tert-OH is 1. The molecule has 4 rings (SSSR count). The third-order valence-corrected chi connectivity index (χ3v) is 5.87. The number of rotatable bonds is 4. The van der Waals surface area contributed by atoms with Gasteiger partial charge < -0.3 is 14.9 Å². The highest BCUT2D eigenvalue weighted by Crippen LogP contribution is 2.44. The number of halogens is 1. The van der Waals surface area contributed by atoms with Crippen LogP contribution in [0.25, 0.3) is 5.76 Å². The van der Waals surface area contributed by atoms with E-state index in [2.05, 4.69) is 0 Å². The van der Waals surface area contributed by atoms with Crippen molar-refractivity contribution in [3.8, 4) is 11.5 Å². The lowest BCUT2D eigenvalue weighted by atomic mass is 9.94. The Morgan fingerprint density at radius 3 is 2.33 bits per heavy atom. The fourth-order valence-electron chi connectivity index (χ4n) is 4.07. The molecule has 1 aliphatic rings. The number of aromatic hydroxyl groups is 1. The number of aryl methyl sites for hydroxylation is 2. The number of Topliss-reactive ketones (excluding diaryl/α,β-unsaturated/α-hetero) is 1. The molecule has 2 N–H and O–H groups in total. The van der Waals surface area contributed by atoms with Crippen molar-refractivity contribution in [1.82, 2.24) is 0 Å². The number of aliphatic hydroxyl groups is 1. The van der Waals surface area contributed by atoms with Gasteiger partial charge in [0, 0.05) is 5.69 Å². The van der Waals surface area contributed by atoms with Crippen LogP contribution in [0.3, 0.4) is 0 Å². The molecule has 0 aliphatic carbocycles. The zero-order chi connectivity index (χ0) is 23.9. The maximum Gasteiger partial charge on any atom is 0.300 e. The number of phenols is 1. The molecule has 33 heavy (non-hydrogen) atoms. The molecule has 0 radical (unpaired) electrons. The van der Waals surface area contributed by atoms with Crippen molar-refractivity contribution in [1.29, 1.82) is 0 Å². The van der Waals surface area contributed by atoms with Crippen molar-refractivity contribution in [2.24, 2.45) is 0 Å². The van der Waals surface area contributed by atoms with Crippen molar-refractivity contribution in [2.45, 2.75) is 19.9 Å². The van der Waals surface area contributed by atoms with Crippen LogP contribution in [-0.4, -0.2) is 29.0 Å². The summed E-state index contributed by atoms with van der Waals surface area (Å²) in [5, 5.41) is 21.7. The van der Waals surface area contributed by atoms with Crippen molar-refractivity contribution in [3.63, 3.8) is 0 Å². The van der Waals surface area contributed by atoms with Crippen LogP contribution in [0.1, 0.15) is 28.3 Å². The molecule has 6 nitrogen and oxygen atoms in total. The first-order chi connectivity index (χ1) is 15.7. The molecule has 3 aromatic rings. The second kappa shape index (κ2) is 8.64. The minimum Gasteiger partial charge on any atom is -0.508 e. The van der Waals surface area contributed by atoms with Gasteiger partial charge in [0.15, 0.2) is 0 Å². The molecule has 7 heteroatoms. The third kappa shape index (κ3) is 3.94. The second-order valence-corrected chi connectivity index (χ2v) is 8.33. The van der Waals surface area contributed by atoms with E-state index in [0.29, 0.717) is 11.3 Å². The van der Waals surface area contributed by atoms with Gasteiger partial charge in [0.05, 0.1) is 29.3 Å². The molecule has 0 saturated carbocycles. The molecule has 3 aromatic carbocycles. The van der Waals surface area contributed by atoms with Gasteiger partial charge in [-0.25, -0.2) is 0 Å². The number of carbonyl (C=O) groups is 2. The Labute approximate surface area is 196 Å². The van der Waals surface area contributed by atoms with Gasteiger partial charge in [0.1, 0.15) is 17.3 Å². The average Bonchev–Trinajstić information content (AvgIpc) is 3.04. The summed E-state index contributed by atoms with van der Waals surface area (Å²) in [7, 11) is 1.41. The highest BCUT2D eigenvalue weighted by Gasteiger charge is 2.47. The summed E-state index contributed by atoms with van der Waals surface area (Å²) in [6.45, 7) is 3.71.